The molecule has 4 N–H and O–H groups in total. The second-order valence-corrected chi connectivity index (χ2v) is 5.17. The quantitative estimate of drug-likeness (QED) is 0.335. The summed E-state index contributed by atoms with van der Waals surface area (Å²) in [6.07, 6.45) is 0.477. The summed E-state index contributed by atoms with van der Waals surface area (Å²) in [5.41, 5.74) is 8.45. The van der Waals surface area contributed by atoms with Crippen LogP contribution in [0.3, 0.4) is 0 Å². The van der Waals surface area contributed by atoms with Gasteiger partial charge in [-0.3, -0.25) is 4.79 Å². The van der Waals surface area contributed by atoms with E-state index in [1.807, 2.05) is 32.0 Å². The molecule has 1 aromatic carbocycles. The van der Waals surface area contributed by atoms with Gasteiger partial charge in [0.05, 0.1) is 5.92 Å². The molecule has 1 atom stereocenters. The van der Waals surface area contributed by atoms with Crippen LogP contribution in [0.4, 0.5) is 5.69 Å². The van der Waals surface area contributed by atoms with Crippen molar-refractivity contribution < 1.29 is 10.0 Å². The maximum atomic E-state index is 12.3. The van der Waals surface area contributed by atoms with Gasteiger partial charge in [-0.1, -0.05) is 44.1 Å². The van der Waals surface area contributed by atoms with E-state index in [-0.39, 0.29) is 11.7 Å². The van der Waals surface area contributed by atoms with Crippen LogP contribution in [0.5, 0.6) is 0 Å². The highest BCUT2D eigenvalue weighted by atomic mass is 16.4. The molecule has 0 aliphatic heterocycles. The van der Waals surface area contributed by atoms with Crippen molar-refractivity contribution >= 4 is 17.4 Å². The molecule has 0 aliphatic carbocycles. The molecule has 0 spiro atoms. The molecule has 1 amide bonds. The molecule has 5 nitrogen and oxygen atoms in total. The van der Waals surface area contributed by atoms with Gasteiger partial charge in [0, 0.05) is 5.69 Å². The first-order valence-electron chi connectivity index (χ1n) is 6.80. The Morgan fingerprint density at radius 3 is 2.60 bits per heavy atom. The van der Waals surface area contributed by atoms with Gasteiger partial charge in [-0.25, -0.2) is 0 Å². The van der Waals surface area contributed by atoms with Crippen LogP contribution < -0.4 is 11.1 Å². The predicted molar refractivity (Wildman–Crippen MR) is 81.1 cm³/mol. The lowest BCUT2D eigenvalue weighted by atomic mass is 9.97. The Morgan fingerprint density at radius 2 is 2.10 bits per heavy atom. The van der Waals surface area contributed by atoms with E-state index >= 15 is 0 Å². The first-order valence-corrected chi connectivity index (χ1v) is 6.80. The summed E-state index contributed by atoms with van der Waals surface area (Å²) in [5, 5.41) is 14.6. The number of nitrogens with two attached hydrogens (primary N) is 1. The Bertz CT molecular complexity index is 510. The molecular formula is C15H23N3O2. The maximum Gasteiger partial charge on any atom is 0.235 e. The molecule has 0 saturated carbocycles. The molecule has 110 valence electrons. The molecule has 0 aliphatic rings. The van der Waals surface area contributed by atoms with Gasteiger partial charge < -0.3 is 16.3 Å². The van der Waals surface area contributed by atoms with Gasteiger partial charge in [-0.05, 0) is 30.4 Å². The minimum Gasteiger partial charge on any atom is -0.409 e. The summed E-state index contributed by atoms with van der Waals surface area (Å²) in [7, 11) is 0. The van der Waals surface area contributed by atoms with Crippen molar-refractivity contribution in [1.29, 1.82) is 0 Å². The van der Waals surface area contributed by atoms with Gasteiger partial charge in [0.2, 0.25) is 5.91 Å². The zero-order valence-electron chi connectivity index (χ0n) is 12.5. The number of carbonyl (C=O) groups is 1. The van der Waals surface area contributed by atoms with Crippen molar-refractivity contribution in [1.82, 2.24) is 0 Å². The van der Waals surface area contributed by atoms with E-state index in [0.717, 1.165) is 16.8 Å². The number of aryl methyl sites for hydroxylation is 1. The van der Waals surface area contributed by atoms with Crippen molar-refractivity contribution in [3.05, 3.63) is 29.3 Å². The number of nitrogens with zero attached hydrogens (tertiary/aromatic N) is 1. The van der Waals surface area contributed by atoms with Crippen LogP contribution in [0.2, 0.25) is 0 Å². The highest BCUT2D eigenvalue weighted by Crippen LogP contribution is 2.28. The van der Waals surface area contributed by atoms with Crippen molar-refractivity contribution in [2.24, 2.45) is 16.8 Å². The van der Waals surface area contributed by atoms with Gasteiger partial charge in [0.15, 0.2) is 5.84 Å². The Morgan fingerprint density at radius 1 is 1.45 bits per heavy atom. The molecule has 0 fully saturated rings. The first kappa shape index (κ1) is 16.0. The third kappa shape index (κ3) is 3.50. The Labute approximate surface area is 119 Å². The summed E-state index contributed by atoms with van der Waals surface area (Å²) in [6.45, 7) is 7.92. The number of amides is 1. The second-order valence-electron chi connectivity index (χ2n) is 5.17. The molecular weight excluding hydrogens is 254 g/mol. The Hall–Kier alpha value is -2.04. The molecule has 20 heavy (non-hydrogen) atoms. The van der Waals surface area contributed by atoms with Gasteiger partial charge in [0.25, 0.3) is 0 Å². The molecule has 0 bridgehead atoms. The highest BCUT2D eigenvalue weighted by molar-refractivity contribution is 6.08. The van der Waals surface area contributed by atoms with Crippen molar-refractivity contribution in [2.75, 3.05) is 5.32 Å². The summed E-state index contributed by atoms with van der Waals surface area (Å²) < 4.78 is 0. The third-order valence-electron chi connectivity index (χ3n) is 3.37. The first-order chi connectivity index (χ1) is 9.42. The average Bonchev–Trinajstić information content (AvgIpc) is 2.41. The minimum absolute atomic E-state index is 0.0651. The van der Waals surface area contributed by atoms with Gasteiger partial charge in [-0.2, -0.15) is 0 Å². The van der Waals surface area contributed by atoms with E-state index < -0.39 is 5.92 Å². The lowest BCUT2D eigenvalue weighted by Crippen LogP contribution is -2.34. The molecule has 0 heterocycles. The number of benzene rings is 1. The van der Waals surface area contributed by atoms with E-state index in [2.05, 4.69) is 24.3 Å². The van der Waals surface area contributed by atoms with Gasteiger partial charge >= 0.3 is 0 Å². The van der Waals surface area contributed by atoms with Crippen molar-refractivity contribution in [3.8, 4) is 0 Å². The largest absolute Gasteiger partial charge is 0.409 e. The fourth-order valence-electron chi connectivity index (χ4n) is 2.15. The second kappa shape index (κ2) is 6.93. The van der Waals surface area contributed by atoms with Gasteiger partial charge in [0.1, 0.15) is 0 Å². The van der Waals surface area contributed by atoms with E-state index in [4.69, 9.17) is 10.9 Å². The normalized spacial score (nSPS) is 13.3. The highest BCUT2D eigenvalue weighted by Gasteiger charge is 2.23. The van der Waals surface area contributed by atoms with Crippen LogP contribution in [0.25, 0.3) is 0 Å². The molecule has 0 saturated heterocycles. The van der Waals surface area contributed by atoms with Gasteiger partial charge in [-0.15, -0.1) is 0 Å². The summed E-state index contributed by atoms with van der Waals surface area (Å²) in [6, 6.07) is 5.92. The van der Waals surface area contributed by atoms with E-state index in [1.165, 1.54) is 0 Å². The standard InChI is InChI=1S/C15H23N3O2/c1-5-11(14(16)18-20)15(19)17-13-10(4)7-6-8-12(13)9(2)3/h6-9,11,20H,5H2,1-4H3,(H2,16,18)(H,17,19). The predicted octanol–water partition coefficient (Wildman–Crippen LogP) is 2.83. The fraction of sp³-hybridized carbons (Fsp3) is 0.467. The lowest BCUT2D eigenvalue weighted by Gasteiger charge is -2.19. The van der Waals surface area contributed by atoms with Crippen LogP contribution in [-0.2, 0) is 4.79 Å². The fourth-order valence-corrected chi connectivity index (χ4v) is 2.15. The molecule has 0 radical (unpaired) electrons. The van der Waals surface area contributed by atoms with Crippen LogP contribution in [0.15, 0.2) is 23.4 Å². The van der Waals surface area contributed by atoms with Crippen molar-refractivity contribution in [2.45, 2.75) is 40.0 Å². The number of carbonyl (C=O) groups excluding carboxylic acids is 1. The number of anilines is 1. The summed E-state index contributed by atoms with van der Waals surface area (Å²) in [5.74, 6) is -0.641. The van der Waals surface area contributed by atoms with Crippen LogP contribution in [0.1, 0.15) is 44.2 Å². The SMILES string of the molecule is CCC(C(=O)Nc1c(C)cccc1C(C)C)C(N)=NO. The van der Waals surface area contributed by atoms with E-state index in [1.54, 1.807) is 0 Å². The number of amidine groups is 1. The summed E-state index contributed by atoms with van der Waals surface area (Å²) in [4.78, 5) is 12.3. The molecule has 1 aromatic rings. The van der Waals surface area contributed by atoms with E-state index in [9.17, 15) is 4.79 Å². The average molecular weight is 277 g/mol. The molecule has 0 aromatic heterocycles. The van der Waals surface area contributed by atoms with E-state index in [0.29, 0.717) is 12.3 Å². The third-order valence-corrected chi connectivity index (χ3v) is 3.37. The number of hydrogen-bond donors (Lipinski definition) is 3. The van der Waals surface area contributed by atoms with Crippen molar-refractivity contribution in [3.63, 3.8) is 0 Å². The molecule has 5 heteroatoms. The number of para-hydroxylation sites is 1. The maximum absolute atomic E-state index is 12.3. The topological polar surface area (TPSA) is 87.7 Å². The summed E-state index contributed by atoms with van der Waals surface area (Å²) >= 11 is 0. The smallest absolute Gasteiger partial charge is 0.235 e. The number of nitrogens with one attached hydrogen (secondary N) is 1. The number of oxime groups is 1. The monoisotopic (exact) mass is 277 g/mol. The van der Waals surface area contributed by atoms with Crippen LogP contribution >= 0.6 is 0 Å². The Kier molecular flexibility index (Phi) is 5.55. The zero-order chi connectivity index (χ0) is 15.3. The van der Waals surface area contributed by atoms with Crippen LogP contribution in [-0.4, -0.2) is 17.0 Å². The lowest BCUT2D eigenvalue weighted by molar-refractivity contribution is -0.118. The zero-order valence-corrected chi connectivity index (χ0v) is 12.5. The number of hydrogen-bond acceptors (Lipinski definition) is 3. The minimum atomic E-state index is -0.625. The molecule has 1 unspecified atom stereocenters. The number of rotatable bonds is 5. The van der Waals surface area contributed by atoms with Crippen LogP contribution in [0, 0.1) is 12.8 Å². The molecule has 1 rings (SSSR count). The Balaban J connectivity index is 3.07.